The van der Waals surface area contributed by atoms with Crippen molar-refractivity contribution in [2.24, 2.45) is 4.99 Å². The van der Waals surface area contributed by atoms with E-state index in [9.17, 15) is 0 Å². The standard InChI is InChI=1S/C22H30N4O2.HI/c1-15(2)27-20-11-10-16(13-24-20)14-25-21(23-5)26-18-12-22(3,4)28-19-9-7-6-8-17(18)19;/h6-11,13,15,18H,12,14H2,1-5H3,(H2,23,25,26);1H. The van der Waals surface area contributed by atoms with Crippen LogP contribution in [0.5, 0.6) is 11.6 Å². The van der Waals surface area contributed by atoms with Crippen LogP contribution in [-0.4, -0.2) is 29.7 Å². The lowest BCUT2D eigenvalue weighted by molar-refractivity contribution is 0.0694. The lowest BCUT2D eigenvalue weighted by Crippen LogP contribution is -2.45. The second kappa shape index (κ2) is 10.1. The molecule has 1 atom stereocenters. The third kappa shape index (κ3) is 6.48. The first-order valence-electron chi connectivity index (χ1n) is 9.73. The Balaban J connectivity index is 0.00000300. The van der Waals surface area contributed by atoms with Gasteiger partial charge >= 0.3 is 0 Å². The molecule has 0 fully saturated rings. The Kier molecular flexibility index (Phi) is 8.13. The molecule has 1 aliphatic heterocycles. The fourth-order valence-electron chi connectivity index (χ4n) is 3.30. The number of hydrogen-bond donors (Lipinski definition) is 2. The molecule has 0 aliphatic carbocycles. The van der Waals surface area contributed by atoms with Crippen molar-refractivity contribution in [3.05, 3.63) is 53.7 Å². The first-order chi connectivity index (χ1) is 13.4. The van der Waals surface area contributed by atoms with Crippen LogP contribution >= 0.6 is 24.0 Å². The summed E-state index contributed by atoms with van der Waals surface area (Å²) >= 11 is 0. The smallest absolute Gasteiger partial charge is 0.213 e. The van der Waals surface area contributed by atoms with E-state index in [0.717, 1.165) is 29.3 Å². The predicted octanol–water partition coefficient (Wildman–Crippen LogP) is 4.45. The highest BCUT2D eigenvalue weighted by Crippen LogP contribution is 2.39. The topological polar surface area (TPSA) is 67.8 Å². The van der Waals surface area contributed by atoms with E-state index in [4.69, 9.17) is 9.47 Å². The molecular formula is C22H31IN4O2. The van der Waals surface area contributed by atoms with Crippen molar-refractivity contribution in [2.45, 2.75) is 58.4 Å². The number of fused-ring (bicyclic) bond motifs is 1. The molecule has 29 heavy (non-hydrogen) atoms. The predicted molar refractivity (Wildman–Crippen MR) is 127 cm³/mol. The molecule has 0 saturated carbocycles. The molecule has 0 saturated heterocycles. The van der Waals surface area contributed by atoms with E-state index in [1.54, 1.807) is 7.05 Å². The van der Waals surface area contributed by atoms with Gasteiger partial charge in [-0.25, -0.2) is 4.98 Å². The highest BCUT2D eigenvalue weighted by molar-refractivity contribution is 14.0. The Morgan fingerprint density at radius 3 is 2.69 bits per heavy atom. The number of nitrogens with one attached hydrogen (secondary N) is 2. The number of benzene rings is 1. The van der Waals surface area contributed by atoms with Gasteiger partial charge in [0.25, 0.3) is 0 Å². The number of para-hydroxylation sites is 1. The first kappa shape index (κ1) is 23.3. The van der Waals surface area contributed by atoms with Crippen molar-refractivity contribution < 1.29 is 9.47 Å². The summed E-state index contributed by atoms with van der Waals surface area (Å²) in [5.74, 6) is 2.32. The highest BCUT2D eigenvalue weighted by Gasteiger charge is 2.33. The Labute approximate surface area is 190 Å². The van der Waals surface area contributed by atoms with E-state index in [1.807, 2.05) is 50.4 Å². The van der Waals surface area contributed by atoms with Gasteiger partial charge in [-0.1, -0.05) is 24.3 Å². The molecule has 0 bridgehead atoms. The zero-order chi connectivity index (χ0) is 20.1. The van der Waals surface area contributed by atoms with Crippen LogP contribution in [0.25, 0.3) is 0 Å². The van der Waals surface area contributed by atoms with Crippen LogP contribution in [0.4, 0.5) is 0 Å². The molecule has 0 radical (unpaired) electrons. The molecule has 2 heterocycles. The number of aliphatic imine (C=N–C) groups is 1. The van der Waals surface area contributed by atoms with Gasteiger partial charge in [0, 0.05) is 37.8 Å². The Morgan fingerprint density at radius 2 is 2.03 bits per heavy atom. The zero-order valence-electron chi connectivity index (χ0n) is 17.7. The minimum Gasteiger partial charge on any atom is -0.487 e. The number of hydrogen-bond acceptors (Lipinski definition) is 4. The lowest BCUT2D eigenvalue weighted by Gasteiger charge is -2.38. The number of ether oxygens (including phenoxy) is 2. The van der Waals surface area contributed by atoms with Crippen molar-refractivity contribution in [1.82, 2.24) is 15.6 Å². The van der Waals surface area contributed by atoms with E-state index >= 15 is 0 Å². The number of pyridine rings is 1. The van der Waals surface area contributed by atoms with Crippen molar-refractivity contribution >= 4 is 29.9 Å². The molecule has 1 unspecified atom stereocenters. The maximum atomic E-state index is 6.11. The van der Waals surface area contributed by atoms with Crippen LogP contribution in [0.2, 0.25) is 0 Å². The summed E-state index contributed by atoms with van der Waals surface area (Å²) in [4.78, 5) is 8.73. The molecule has 3 rings (SSSR count). The van der Waals surface area contributed by atoms with Crippen LogP contribution in [0.15, 0.2) is 47.6 Å². The largest absolute Gasteiger partial charge is 0.487 e. The SMILES string of the molecule is CN=C(NCc1ccc(OC(C)C)nc1)NC1CC(C)(C)Oc2ccccc21.I. The normalized spacial score (nSPS) is 17.6. The minimum absolute atomic E-state index is 0. The van der Waals surface area contributed by atoms with Gasteiger partial charge in [-0.3, -0.25) is 4.99 Å². The van der Waals surface area contributed by atoms with Gasteiger partial charge in [-0.2, -0.15) is 0 Å². The average molecular weight is 510 g/mol. The molecule has 6 nitrogen and oxygen atoms in total. The number of rotatable bonds is 5. The quantitative estimate of drug-likeness (QED) is 0.354. The van der Waals surface area contributed by atoms with Crippen molar-refractivity contribution in [3.8, 4) is 11.6 Å². The number of aromatic nitrogens is 1. The first-order valence-corrected chi connectivity index (χ1v) is 9.73. The van der Waals surface area contributed by atoms with E-state index in [-0.39, 0.29) is 41.7 Å². The van der Waals surface area contributed by atoms with Gasteiger partial charge < -0.3 is 20.1 Å². The monoisotopic (exact) mass is 510 g/mol. The van der Waals surface area contributed by atoms with E-state index in [2.05, 4.69) is 40.5 Å². The van der Waals surface area contributed by atoms with Crippen molar-refractivity contribution in [2.75, 3.05) is 7.05 Å². The third-order valence-electron chi connectivity index (χ3n) is 4.52. The molecule has 7 heteroatoms. The highest BCUT2D eigenvalue weighted by atomic mass is 127. The molecule has 2 N–H and O–H groups in total. The second-order valence-corrected chi connectivity index (χ2v) is 7.90. The van der Waals surface area contributed by atoms with E-state index in [1.165, 1.54) is 0 Å². The Morgan fingerprint density at radius 1 is 1.28 bits per heavy atom. The van der Waals surface area contributed by atoms with Crippen LogP contribution in [-0.2, 0) is 6.54 Å². The summed E-state index contributed by atoms with van der Waals surface area (Å²) in [6.45, 7) is 8.83. The Bertz CT molecular complexity index is 822. The second-order valence-electron chi connectivity index (χ2n) is 7.90. The molecule has 2 aromatic rings. The number of guanidine groups is 1. The van der Waals surface area contributed by atoms with Crippen LogP contribution in [0.1, 0.15) is 51.3 Å². The Hall–Kier alpha value is -2.03. The molecule has 0 amide bonds. The van der Waals surface area contributed by atoms with E-state index < -0.39 is 0 Å². The van der Waals surface area contributed by atoms with Gasteiger partial charge in [-0.15, -0.1) is 24.0 Å². The van der Waals surface area contributed by atoms with Crippen LogP contribution in [0.3, 0.4) is 0 Å². The number of nitrogens with zero attached hydrogens (tertiary/aromatic N) is 2. The molecule has 1 aromatic carbocycles. The molecule has 0 spiro atoms. The number of halogens is 1. The van der Waals surface area contributed by atoms with Gasteiger partial charge in [-0.05, 0) is 39.3 Å². The van der Waals surface area contributed by atoms with Gasteiger partial charge in [0.1, 0.15) is 11.4 Å². The summed E-state index contributed by atoms with van der Waals surface area (Å²) in [7, 11) is 1.78. The van der Waals surface area contributed by atoms with Gasteiger partial charge in [0.2, 0.25) is 5.88 Å². The fraction of sp³-hybridized carbons (Fsp3) is 0.455. The van der Waals surface area contributed by atoms with Crippen molar-refractivity contribution in [1.29, 1.82) is 0 Å². The van der Waals surface area contributed by atoms with Crippen molar-refractivity contribution in [3.63, 3.8) is 0 Å². The third-order valence-corrected chi connectivity index (χ3v) is 4.52. The minimum atomic E-state index is -0.235. The average Bonchev–Trinajstić information content (AvgIpc) is 2.64. The van der Waals surface area contributed by atoms with Crippen LogP contribution < -0.4 is 20.1 Å². The van der Waals surface area contributed by atoms with E-state index in [0.29, 0.717) is 12.4 Å². The summed E-state index contributed by atoms with van der Waals surface area (Å²) in [6.07, 6.45) is 2.80. The molecule has 1 aromatic heterocycles. The summed E-state index contributed by atoms with van der Waals surface area (Å²) in [5.41, 5.74) is 1.98. The van der Waals surface area contributed by atoms with Gasteiger partial charge in [0.15, 0.2) is 5.96 Å². The lowest BCUT2D eigenvalue weighted by atomic mass is 9.90. The summed E-state index contributed by atoms with van der Waals surface area (Å²) in [5, 5.41) is 6.91. The van der Waals surface area contributed by atoms with Crippen LogP contribution in [0, 0.1) is 0 Å². The zero-order valence-corrected chi connectivity index (χ0v) is 20.1. The fourth-order valence-corrected chi connectivity index (χ4v) is 3.30. The maximum Gasteiger partial charge on any atom is 0.213 e. The van der Waals surface area contributed by atoms with Gasteiger partial charge in [0.05, 0.1) is 12.1 Å². The molecule has 158 valence electrons. The summed E-state index contributed by atoms with van der Waals surface area (Å²) < 4.78 is 11.7. The molecule has 1 aliphatic rings. The summed E-state index contributed by atoms with van der Waals surface area (Å²) in [6, 6.07) is 12.2. The maximum absolute atomic E-state index is 6.11. The molecular weight excluding hydrogens is 479 g/mol.